The van der Waals surface area contributed by atoms with Gasteiger partial charge in [0.2, 0.25) is 0 Å². The normalized spacial score (nSPS) is 11.8. The summed E-state index contributed by atoms with van der Waals surface area (Å²) in [7, 11) is 0. The van der Waals surface area contributed by atoms with Gasteiger partial charge < -0.3 is 4.74 Å². The number of rotatable bonds is 0. The van der Waals surface area contributed by atoms with E-state index in [1.54, 1.807) is 10.8 Å². The molecule has 0 unspecified atom stereocenters. The van der Waals surface area contributed by atoms with Crippen LogP contribution >= 0.6 is 22.6 Å². The van der Waals surface area contributed by atoms with Crippen LogP contribution in [0.25, 0.3) is 10.9 Å². The molecule has 0 bridgehead atoms. The van der Waals surface area contributed by atoms with Gasteiger partial charge in [0, 0.05) is 15.2 Å². The largest absolute Gasteiger partial charge is 0.443 e. The van der Waals surface area contributed by atoms with Gasteiger partial charge in [0.1, 0.15) is 5.60 Å². The van der Waals surface area contributed by atoms with E-state index in [-0.39, 0.29) is 6.09 Å². The van der Waals surface area contributed by atoms with Crippen molar-refractivity contribution in [3.05, 3.63) is 34.0 Å². The molecule has 2 rings (SSSR count). The summed E-state index contributed by atoms with van der Waals surface area (Å²) in [4.78, 5) is 12.0. The molecule has 0 fully saturated rings. The molecule has 0 amide bonds. The fourth-order valence-corrected chi connectivity index (χ4v) is 2.33. The van der Waals surface area contributed by atoms with Gasteiger partial charge in [0.05, 0.1) is 5.52 Å². The van der Waals surface area contributed by atoms with Gasteiger partial charge in [-0.15, -0.1) is 0 Å². The lowest BCUT2D eigenvalue weighted by atomic mass is 10.2. The van der Waals surface area contributed by atoms with Gasteiger partial charge in [-0.25, -0.2) is 4.79 Å². The van der Waals surface area contributed by atoms with Crippen molar-refractivity contribution in [2.45, 2.75) is 26.4 Å². The molecule has 0 spiro atoms. The summed E-state index contributed by atoms with van der Waals surface area (Å²) < 4.78 is 7.97. The smallest absolute Gasteiger partial charge is 0.419 e. The van der Waals surface area contributed by atoms with E-state index in [1.165, 1.54) is 0 Å². The zero-order valence-electron chi connectivity index (χ0n) is 10.0. The third-order valence-corrected chi connectivity index (χ3v) is 3.11. The van der Waals surface area contributed by atoms with E-state index < -0.39 is 5.60 Å². The maximum atomic E-state index is 12.0. The number of carbonyl (C=O) groups excluding carboxylic acids is 1. The van der Waals surface area contributed by atoms with Crippen LogP contribution in [-0.4, -0.2) is 16.3 Å². The molecule has 0 aliphatic rings. The second-order valence-electron chi connectivity index (χ2n) is 4.84. The average Bonchev–Trinajstić information content (AvgIpc) is 2.55. The Kier molecular flexibility index (Phi) is 3.16. The van der Waals surface area contributed by atoms with Crippen molar-refractivity contribution >= 4 is 39.6 Å². The monoisotopic (exact) mass is 343 g/mol. The molecule has 0 N–H and O–H groups in total. The van der Waals surface area contributed by atoms with Crippen molar-refractivity contribution in [1.29, 1.82) is 0 Å². The van der Waals surface area contributed by atoms with Gasteiger partial charge in [-0.3, -0.25) is 4.57 Å². The Morgan fingerprint density at radius 1 is 1.29 bits per heavy atom. The van der Waals surface area contributed by atoms with Gasteiger partial charge in [0.15, 0.2) is 0 Å². The number of halogens is 1. The Morgan fingerprint density at radius 2 is 1.94 bits per heavy atom. The standard InChI is InChI=1S/C13H14INO2/c1-13(2,3)17-12(16)15-8-10(14)9-6-4-5-7-11(9)15/h4-8H,1-3H3. The topological polar surface area (TPSA) is 31.2 Å². The highest BCUT2D eigenvalue weighted by Crippen LogP contribution is 2.23. The average molecular weight is 343 g/mol. The quantitative estimate of drug-likeness (QED) is 0.677. The van der Waals surface area contributed by atoms with Gasteiger partial charge in [-0.1, -0.05) is 18.2 Å². The van der Waals surface area contributed by atoms with Gasteiger partial charge in [0.25, 0.3) is 0 Å². The van der Waals surface area contributed by atoms with E-state index in [0.29, 0.717) is 0 Å². The number of nitrogens with zero attached hydrogens (tertiary/aromatic N) is 1. The zero-order chi connectivity index (χ0) is 12.6. The number of benzene rings is 1. The Hall–Kier alpha value is -1.04. The number of carbonyl (C=O) groups is 1. The summed E-state index contributed by atoms with van der Waals surface area (Å²) >= 11 is 2.22. The minimum absolute atomic E-state index is 0.336. The van der Waals surface area contributed by atoms with E-state index in [0.717, 1.165) is 14.5 Å². The fourth-order valence-electron chi connectivity index (χ4n) is 1.60. The maximum Gasteiger partial charge on any atom is 0.419 e. The van der Waals surface area contributed by atoms with Crippen LogP contribution in [0.5, 0.6) is 0 Å². The second kappa shape index (κ2) is 4.33. The molecule has 17 heavy (non-hydrogen) atoms. The van der Waals surface area contributed by atoms with Gasteiger partial charge in [-0.05, 0) is 49.4 Å². The molecule has 0 aliphatic carbocycles. The highest BCUT2D eigenvalue weighted by Gasteiger charge is 2.19. The molecule has 1 heterocycles. The molecular formula is C13H14INO2. The summed E-state index contributed by atoms with van der Waals surface area (Å²) in [5, 5.41) is 1.07. The summed E-state index contributed by atoms with van der Waals surface area (Å²) in [6.07, 6.45) is 1.47. The number of fused-ring (bicyclic) bond motifs is 1. The van der Waals surface area contributed by atoms with E-state index in [2.05, 4.69) is 22.6 Å². The number of ether oxygens (including phenoxy) is 1. The predicted octanol–water partition coefficient (Wildman–Crippen LogP) is 4.03. The lowest BCUT2D eigenvalue weighted by molar-refractivity contribution is 0.0544. The Bertz CT molecular complexity index is 566. The first-order chi connectivity index (χ1) is 7.88. The van der Waals surface area contributed by atoms with Crippen molar-refractivity contribution in [2.75, 3.05) is 0 Å². The van der Waals surface area contributed by atoms with Crippen LogP contribution in [0.4, 0.5) is 4.79 Å². The van der Waals surface area contributed by atoms with Crippen LogP contribution in [0.1, 0.15) is 20.8 Å². The molecule has 0 saturated carbocycles. The summed E-state index contributed by atoms with van der Waals surface area (Å²) in [5.74, 6) is 0. The van der Waals surface area contributed by atoms with Crippen LogP contribution in [0.15, 0.2) is 30.5 Å². The van der Waals surface area contributed by atoms with E-state index in [4.69, 9.17) is 4.74 Å². The van der Waals surface area contributed by atoms with E-state index in [1.807, 2.05) is 45.0 Å². The lowest BCUT2D eigenvalue weighted by Crippen LogP contribution is -2.26. The number of hydrogen-bond donors (Lipinski definition) is 0. The molecule has 90 valence electrons. The SMILES string of the molecule is CC(C)(C)OC(=O)n1cc(I)c2ccccc21. The minimum atomic E-state index is -0.478. The molecule has 1 aromatic carbocycles. The lowest BCUT2D eigenvalue weighted by Gasteiger charge is -2.19. The fraction of sp³-hybridized carbons (Fsp3) is 0.308. The van der Waals surface area contributed by atoms with Crippen LogP contribution < -0.4 is 0 Å². The molecule has 0 radical (unpaired) electrons. The highest BCUT2D eigenvalue weighted by molar-refractivity contribution is 14.1. The van der Waals surface area contributed by atoms with Gasteiger partial charge >= 0.3 is 6.09 Å². The number of para-hydroxylation sites is 1. The first kappa shape index (κ1) is 12.4. The zero-order valence-corrected chi connectivity index (χ0v) is 12.2. The third kappa shape index (κ3) is 2.62. The first-order valence-corrected chi connectivity index (χ1v) is 6.45. The van der Waals surface area contributed by atoms with Gasteiger partial charge in [-0.2, -0.15) is 0 Å². The summed E-state index contributed by atoms with van der Waals surface area (Å²) in [6, 6.07) is 7.79. The number of aromatic nitrogens is 1. The van der Waals surface area contributed by atoms with Crippen LogP contribution in [0, 0.1) is 3.57 Å². The van der Waals surface area contributed by atoms with Crippen molar-refractivity contribution in [3.8, 4) is 0 Å². The Morgan fingerprint density at radius 3 is 2.59 bits per heavy atom. The minimum Gasteiger partial charge on any atom is -0.443 e. The van der Waals surface area contributed by atoms with Crippen LogP contribution in [-0.2, 0) is 4.74 Å². The van der Waals surface area contributed by atoms with Crippen molar-refractivity contribution in [1.82, 2.24) is 4.57 Å². The molecule has 0 saturated heterocycles. The molecule has 3 nitrogen and oxygen atoms in total. The van der Waals surface area contributed by atoms with E-state index in [9.17, 15) is 4.79 Å². The molecular weight excluding hydrogens is 329 g/mol. The third-order valence-electron chi connectivity index (χ3n) is 2.25. The van der Waals surface area contributed by atoms with Crippen LogP contribution in [0.2, 0.25) is 0 Å². The molecule has 4 heteroatoms. The van der Waals surface area contributed by atoms with E-state index >= 15 is 0 Å². The van der Waals surface area contributed by atoms with Crippen molar-refractivity contribution in [2.24, 2.45) is 0 Å². The van der Waals surface area contributed by atoms with Crippen molar-refractivity contribution in [3.63, 3.8) is 0 Å². The second-order valence-corrected chi connectivity index (χ2v) is 6.01. The van der Waals surface area contributed by atoms with Crippen LogP contribution in [0.3, 0.4) is 0 Å². The summed E-state index contributed by atoms with van der Waals surface area (Å²) in [5.41, 5.74) is 0.402. The molecule has 0 aliphatic heterocycles. The predicted molar refractivity (Wildman–Crippen MR) is 76.3 cm³/mol. The Labute approximate surface area is 114 Å². The molecule has 2 aromatic rings. The first-order valence-electron chi connectivity index (χ1n) is 5.37. The Balaban J connectivity index is 2.46. The molecule has 0 atom stereocenters. The maximum absolute atomic E-state index is 12.0. The summed E-state index contributed by atoms with van der Waals surface area (Å²) in [6.45, 7) is 5.59. The van der Waals surface area contributed by atoms with Crippen molar-refractivity contribution < 1.29 is 9.53 Å². The molecule has 1 aromatic heterocycles. The number of hydrogen-bond acceptors (Lipinski definition) is 2. The highest BCUT2D eigenvalue weighted by atomic mass is 127.